The van der Waals surface area contributed by atoms with E-state index < -0.39 is 0 Å². The third-order valence-corrected chi connectivity index (χ3v) is 2.41. The number of benzene rings is 1. The molecule has 0 saturated heterocycles. The highest BCUT2D eigenvalue weighted by Crippen LogP contribution is 2.25. The zero-order chi connectivity index (χ0) is 10.6. The lowest BCUT2D eigenvalue weighted by molar-refractivity contribution is 0.352. The van der Waals surface area contributed by atoms with E-state index in [0.29, 0.717) is 17.4 Å². The van der Waals surface area contributed by atoms with Crippen molar-refractivity contribution in [2.45, 2.75) is 13.8 Å². The second-order valence-electron chi connectivity index (χ2n) is 3.18. The van der Waals surface area contributed by atoms with Crippen LogP contribution in [0.4, 0.5) is 0 Å². The van der Waals surface area contributed by atoms with Gasteiger partial charge in [-0.05, 0) is 37.1 Å². The first kappa shape index (κ1) is 11.4. The molecular formula is C11H12Cl2O. The molecule has 0 heterocycles. The van der Waals surface area contributed by atoms with Gasteiger partial charge in [-0.1, -0.05) is 29.3 Å². The molecular weight excluding hydrogens is 219 g/mol. The molecule has 0 bridgehead atoms. The minimum Gasteiger partial charge on any atom is -0.488 e. The van der Waals surface area contributed by atoms with Gasteiger partial charge in [-0.2, -0.15) is 0 Å². The maximum atomic E-state index is 5.95. The zero-order valence-electron chi connectivity index (χ0n) is 8.18. The molecule has 0 aliphatic heterocycles. The number of ether oxygens (including phenoxy) is 1. The van der Waals surface area contributed by atoms with Crippen molar-refractivity contribution in [3.05, 3.63) is 39.9 Å². The van der Waals surface area contributed by atoms with E-state index in [1.807, 2.05) is 32.0 Å². The van der Waals surface area contributed by atoms with Crippen LogP contribution in [-0.2, 0) is 0 Å². The van der Waals surface area contributed by atoms with Gasteiger partial charge in [0.05, 0.1) is 5.02 Å². The monoisotopic (exact) mass is 230 g/mol. The fourth-order valence-electron chi connectivity index (χ4n) is 0.944. The van der Waals surface area contributed by atoms with E-state index in [1.54, 1.807) is 0 Å². The van der Waals surface area contributed by atoms with E-state index in [9.17, 15) is 0 Å². The quantitative estimate of drug-likeness (QED) is 0.758. The van der Waals surface area contributed by atoms with Crippen LogP contribution >= 0.6 is 23.2 Å². The molecule has 0 aromatic heterocycles. The second kappa shape index (κ2) is 5.28. The molecule has 1 nitrogen and oxygen atoms in total. The second-order valence-corrected chi connectivity index (χ2v) is 3.80. The van der Waals surface area contributed by atoms with Crippen molar-refractivity contribution in [3.8, 4) is 5.75 Å². The lowest BCUT2D eigenvalue weighted by atomic mass is 10.2. The first-order valence-corrected chi connectivity index (χ1v) is 5.09. The highest BCUT2D eigenvalue weighted by atomic mass is 35.5. The van der Waals surface area contributed by atoms with Gasteiger partial charge in [-0.3, -0.25) is 0 Å². The predicted octanol–water partition coefficient (Wildman–Crippen LogP) is 4.17. The fraction of sp³-hybridized carbons (Fsp3) is 0.273. The van der Waals surface area contributed by atoms with Gasteiger partial charge in [0.2, 0.25) is 0 Å². The van der Waals surface area contributed by atoms with Crippen molar-refractivity contribution < 1.29 is 4.74 Å². The van der Waals surface area contributed by atoms with Gasteiger partial charge in [-0.15, -0.1) is 0 Å². The van der Waals surface area contributed by atoms with Crippen LogP contribution < -0.4 is 4.74 Å². The van der Waals surface area contributed by atoms with Gasteiger partial charge < -0.3 is 4.74 Å². The lowest BCUT2D eigenvalue weighted by Gasteiger charge is -2.08. The molecule has 0 spiro atoms. The molecule has 0 saturated carbocycles. The van der Waals surface area contributed by atoms with Crippen LogP contribution in [0.15, 0.2) is 29.3 Å². The fourth-order valence-corrected chi connectivity index (χ4v) is 1.18. The standard InChI is InChI=1S/C11H12Cl2O/c1-8-3-4-10(13)11(5-8)14-7-9(2)6-12/h3-6H,7H2,1-2H3/b9-6-. The summed E-state index contributed by atoms with van der Waals surface area (Å²) < 4.78 is 5.49. The molecule has 1 aromatic rings. The van der Waals surface area contributed by atoms with E-state index in [1.165, 1.54) is 5.54 Å². The van der Waals surface area contributed by atoms with Gasteiger partial charge in [0.15, 0.2) is 0 Å². The summed E-state index contributed by atoms with van der Waals surface area (Å²) in [6, 6.07) is 5.68. The SMILES string of the molecule is C/C(=C/Cl)COc1cc(C)ccc1Cl. The molecule has 0 fully saturated rings. The van der Waals surface area contributed by atoms with Crippen LogP contribution in [0.5, 0.6) is 5.75 Å². The number of halogens is 2. The Morgan fingerprint density at radius 2 is 2.21 bits per heavy atom. The lowest BCUT2D eigenvalue weighted by Crippen LogP contribution is -1.98. The van der Waals surface area contributed by atoms with Crippen molar-refractivity contribution in [1.82, 2.24) is 0 Å². The summed E-state index contributed by atoms with van der Waals surface area (Å²) in [4.78, 5) is 0. The highest BCUT2D eigenvalue weighted by molar-refractivity contribution is 6.32. The number of aryl methyl sites for hydroxylation is 1. The van der Waals surface area contributed by atoms with Crippen LogP contribution in [0.2, 0.25) is 5.02 Å². The Balaban J connectivity index is 2.71. The smallest absolute Gasteiger partial charge is 0.138 e. The summed E-state index contributed by atoms with van der Waals surface area (Å²) in [6.07, 6.45) is 0. The Bertz CT molecular complexity index is 345. The Morgan fingerprint density at radius 3 is 2.86 bits per heavy atom. The average Bonchev–Trinajstić information content (AvgIpc) is 2.19. The molecule has 76 valence electrons. The molecule has 0 N–H and O–H groups in total. The van der Waals surface area contributed by atoms with E-state index >= 15 is 0 Å². The van der Waals surface area contributed by atoms with Crippen molar-refractivity contribution in [1.29, 1.82) is 0 Å². The van der Waals surface area contributed by atoms with E-state index in [4.69, 9.17) is 27.9 Å². The third-order valence-electron chi connectivity index (χ3n) is 1.73. The van der Waals surface area contributed by atoms with Crippen molar-refractivity contribution in [3.63, 3.8) is 0 Å². The van der Waals surface area contributed by atoms with Crippen LogP contribution in [0.3, 0.4) is 0 Å². The molecule has 0 aliphatic carbocycles. The van der Waals surface area contributed by atoms with Crippen LogP contribution in [0, 0.1) is 6.92 Å². The summed E-state index contributed by atoms with van der Waals surface area (Å²) in [5.41, 5.74) is 3.59. The van der Waals surface area contributed by atoms with Gasteiger partial charge in [0, 0.05) is 5.54 Å². The van der Waals surface area contributed by atoms with Gasteiger partial charge >= 0.3 is 0 Å². The van der Waals surface area contributed by atoms with E-state index in [0.717, 1.165) is 11.1 Å². The molecule has 0 radical (unpaired) electrons. The largest absolute Gasteiger partial charge is 0.488 e. The van der Waals surface area contributed by atoms with Crippen LogP contribution in [0.25, 0.3) is 0 Å². The van der Waals surface area contributed by atoms with E-state index in [-0.39, 0.29) is 0 Å². The van der Waals surface area contributed by atoms with Crippen LogP contribution in [-0.4, -0.2) is 6.61 Å². The predicted molar refractivity (Wildman–Crippen MR) is 61.3 cm³/mol. The molecule has 0 unspecified atom stereocenters. The normalized spacial score (nSPS) is 11.6. The van der Waals surface area contributed by atoms with Crippen LogP contribution in [0.1, 0.15) is 12.5 Å². The van der Waals surface area contributed by atoms with Crippen molar-refractivity contribution >= 4 is 23.2 Å². The maximum Gasteiger partial charge on any atom is 0.138 e. The van der Waals surface area contributed by atoms with Gasteiger partial charge in [0.1, 0.15) is 12.4 Å². The molecule has 1 aromatic carbocycles. The summed E-state index contributed by atoms with van der Waals surface area (Å²) in [5, 5.41) is 0.623. The topological polar surface area (TPSA) is 9.23 Å². The molecule has 0 amide bonds. The molecule has 1 rings (SSSR count). The number of hydrogen-bond acceptors (Lipinski definition) is 1. The maximum absolute atomic E-state index is 5.95. The number of rotatable bonds is 3. The first-order chi connectivity index (χ1) is 6.63. The summed E-state index contributed by atoms with van der Waals surface area (Å²) in [7, 11) is 0. The summed E-state index contributed by atoms with van der Waals surface area (Å²) >= 11 is 11.5. The summed E-state index contributed by atoms with van der Waals surface area (Å²) in [6.45, 7) is 4.36. The molecule has 0 atom stereocenters. The Labute approximate surface area is 94.3 Å². The average molecular weight is 231 g/mol. The highest BCUT2D eigenvalue weighted by Gasteiger charge is 2.01. The minimum absolute atomic E-state index is 0.465. The Kier molecular flexibility index (Phi) is 4.30. The molecule has 0 aliphatic rings. The Morgan fingerprint density at radius 1 is 1.50 bits per heavy atom. The van der Waals surface area contributed by atoms with E-state index in [2.05, 4.69) is 0 Å². The Hall–Kier alpha value is -0.660. The van der Waals surface area contributed by atoms with Gasteiger partial charge in [0.25, 0.3) is 0 Å². The number of hydrogen-bond donors (Lipinski definition) is 0. The summed E-state index contributed by atoms with van der Waals surface area (Å²) in [5.74, 6) is 0.699. The molecule has 3 heteroatoms. The third kappa shape index (κ3) is 3.24. The first-order valence-electron chi connectivity index (χ1n) is 4.28. The minimum atomic E-state index is 0.465. The zero-order valence-corrected chi connectivity index (χ0v) is 9.69. The molecule has 14 heavy (non-hydrogen) atoms. The van der Waals surface area contributed by atoms with Gasteiger partial charge in [-0.25, -0.2) is 0 Å². The van der Waals surface area contributed by atoms with Crippen molar-refractivity contribution in [2.24, 2.45) is 0 Å². The van der Waals surface area contributed by atoms with Crippen molar-refractivity contribution in [2.75, 3.05) is 6.61 Å².